The molecule has 36 valence electrons. The molecule has 0 rings (SSSR count). The largest absolute Gasteiger partial charge is 0.173 e. The van der Waals surface area contributed by atoms with Crippen LogP contribution in [0, 0.1) is 0 Å². The van der Waals surface area contributed by atoms with Gasteiger partial charge in [-0.1, -0.05) is 20.8 Å². The van der Waals surface area contributed by atoms with Gasteiger partial charge in [0.25, 0.3) is 0 Å². The molecule has 0 saturated carbocycles. The molecule has 0 aromatic rings. The molecule has 0 fully saturated rings. The topological polar surface area (TPSA) is 0 Å². The molecule has 0 amide bonds. The molecule has 6 heavy (non-hydrogen) atoms. The van der Waals surface area contributed by atoms with E-state index in [2.05, 4.69) is 33.4 Å². The molecule has 0 unspecified atom stereocenters. The van der Waals surface area contributed by atoms with Gasteiger partial charge in [-0.25, -0.2) is 0 Å². The second kappa shape index (κ2) is 2.97. The van der Waals surface area contributed by atoms with Crippen molar-refractivity contribution >= 4 is 30.2 Å². The zero-order valence-corrected chi connectivity index (χ0v) is 7.44. The van der Waals surface area contributed by atoms with E-state index in [4.69, 9.17) is 0 Å². The predicted molar refractivity (Wildman–Crippen MR) is 34.5 cm³/mol. The summed E-state index contributed by atoms with van der Waals surface area (Å²) < 4.78 is 0.194. The first kappa shape index (κ1) is 10.00. The van der Waals surface area contributed by atoms with Crippen LogP contribution in [0.5, 0.6) is 0 Å². The SMILES string of the molecule is CC(C)(C)S.[Ge]. The van der Waals surface area contributed by atoms with Gasteiger partial charge in [-0.3, -0.25) is 0 Å². The summed E-state index contributed by atoms with van der Waals surface area (Å²) in [5.74, 6) is 0. The van der Waals surface area contributed by atoms with E-state index in [-0.39, 0.29) is 22.3 Å². The molecule has 0 spiro atoms. The van der Waals surface area contributed by atoms with Crippen molar-refractivity contribution in [3.63, 3.8) is 0 Å². The van der Waals surface area contributed by atoms with Crippen molar-refractivity contribution in [2.24, 2.45) is 0 Å². The number of hydrogen-bond donors (Lipinski definition) is 1. The van der Waals surface area contributed by atoms with Crippen LogP contribution in [0.25, 0.3) is 0 Å². The van der Waals surface area contributed by atoms with Gasteiger partial charge in [-0.2, -0.15) is 12.6 Å². The van der Waals surface area contributed by atoms with Crippen molar-refractivity contribution in [3.8, 4) is 0 Å². The molecule has 2 heteroatoms. The average molecular weight is 163 g/mol. The van der Waals surface area contributed by atoms with E-state index in [0.29, 0.717) is 0 Å². The molecule has 0 N–H and O–H groups in total. The van der Waals surface area contributed by atoms with E-state index >= 15 is 0 Å². The molecule has 0 bridgehead atoms. The standard InChI is InChI=1S/C4H10S.Ge/c1-4(2,3)5;/h5H,1-3H3;. The van der Waals surface area contributed by atoms with Crippen LogP contribution in [0.15, 0.2) is 0 Å². The molecule has 0 aliphatic heterocycles. The molecule has 0 nitrogen and oxygen atoms in total. The maximum Gasteiger partial charge on any atom is 0.00449 e. The third-order valence-electron chi connectivity index (χ3n) is 0. The second-order valence-electron chi connectivity index (χ2n) is 2.17. The Bertz CT molecular complexity index is 23.0. The molecule has 0 aromatic carbocycles. The van der Waals surface area contributed by atoms with Gasteiger partial charge in [0.1, 0.15) is 0 Å². The summed E-state index contributed by atoms with van der Waals surface area (Å²) in [6.45, 7) is 6.16. The minimum atomic E-state index is 0. The molecule has 0 aliphatic rings. The van der Waals surface area contributed by atoms with Crippen molar-refractivity contribution < 1.29 is 0 Å². The Morgan fingerprint density at radius 2 is 1.17 bits per heavy atom. The minimum absolute atomic E-state index is 0. The second-order valence-corrected chi connectivity index (χ2v) is 3.51. The minimum Gasteiger partial charge on any atom is -0.173 e. The molecule has 4 radical (unpaired) electrons. The van der Waals surface area contributed by atoms with Crippen LogP contribution >= 0.6 is 12.6 Å². The third-order valence-corrected chi connectivity index (χ3v) is 0. The summed E-state index contributed by atoms with van der Waals surface area (Å²) in [5.41, 5.74) is 0. The van der Waals surface area contributed by atoms with Gasteiger partial charge in [0, 0.05) is 22.3 Å². The summed E-state index contributed by atoms with van der Waals surface area (Å²) in [6, 6.07) is 0. The van der Waals surface area contributed by atoms with Crippen LogP contribution in [-0.2, 0) is 0 Å². The van der Waals surface area contributed by atoms with Crippen molar-refractivity contribution in [2.75, 3.05) is 0 Å². The summed E-state index contributed by atoms with van der Waals surface area (Å²) in [6.07, 6.45) is 0. The molecular weight excluding hydrogens is 153 g/mol. The van der Waals surface area contributed by atoms with E-state index in [1.54, 1.807) is 0 Å². The summed E-state index contributed by atoms with van der Waals surface area (Å²) in [7, 11) is 0. The smallest absolute Gasteiger partial charge is 0.00449 e. The van der Waals surface area contributed by atoms with Gasteiger partial charge in [0.05, 0.1) is 0 Å². The predicted octanol–water partition coefficient (Wildman–Crippen LogP) is 1.33. The van der Waals surface area contributed by atoms with Crippen LogP contribution in [-0.4, -0.2) is 22.3 Å². The van der Waals surface area contributed by atoms with E-state index in [0.717, 1.165) is 0 Å². The first-order chi connectivity index (χ1) is 2.00. The van der Waals surface area contributed by atoms with Crippen LogP contribution in [0.1, 0.15) is 20.8 Å². The first-order valence-electron chi connectivity index (χ1n) is 1.72. The van der Waals surface area contributed by atoms with Gasteiger partial charge in [-0.05, 0) is 0 Å². The Labute approximate surface area is 56.1 Å². The fraction of sp³-hybridized carbons (Fsp3) is 1.00. The van der Waals surface area contributed by atoms with E-state index < -0.39 is 0 Å². The zero-order valence-electron chi connectivity index (χ0n) is 4.45. The Balaban J connectivity index is 0. The molecule has 0 heterocycles. The fourth-order valence-electron chi connectivity index (χ4n) is 0. The normalized spacial score (nSPS) is 10.0. The monoisotopic (exact) mass is 164 g/mol. The molecule has 0 atom stereocenters. The van der Waals surface area contributed by atoms with Gasteiger partial charge in [0.2, 0.25) is 0 Å². The van der Waals surface area contributed by atoms with Crippen LogP contribution in [0.2, 0.25) is 0 Å². The van der Waals surface area contributed by atoms with Gasteiger partial charge in [-0.15, -0.1) is 0 Å². The number of hydrogen-bond acceptors (Lipinski definition) is 1. The molecule has 0 saturated heterocycles. The Hall–Kier alpha value is 0.893. The van der Waals surface area contributed by atoms with Crippen molar-refractivity contribution in [1.29, 1.82) is 0 Å². The van der Waals surface area contributed by atoms with E-state index in [1.165, 1.54) is 0 Å². The Kier molecular flexibility index (Phi) is 4.95. The number of thiol groups is 1. The number of rotatable bonds is 0. The van der Waals surface area contributed by atoms with Gasteiger partial charge >= 0.3 is 0 Å². The van der Waals surface area contributed by atoms with Crippen molar-refractivity contribution in [2.45, 2.75) is 25.5 Å². The molecule has 0 aromatic heterocycles. The van der Waals surface area contributed by atoms with Crippen molar-refractivity contribution in [1.82, 2.24) is 0 Å². The Morgan fingerprint density at radius 3 is 1.17 bits per heavy atom. The maximum atomic E-state index is 4.12. The van der Waals surface area contributed by atoms with E-state index in [1.807, 2.05) is 0 Å². The third kappa shape index (κ3) is 93.0. The first-order valence-corrected chi connectivity index (χ1v) is 2.17. The van der Waals surface area contributed by atoms with Gasteiger partial charge < -0.3 is 0 Å². The molecule has 0 aliphatic carbocycles. The zero-order chi connectivity index (χ0) is 4.50. The summed E-state index contributed by atoms with van der Waals surface area (Å²) in [4.78, 5) is 0. The molecular formula is C4H10GeS. The fourth-order valence-corrected chi connectivity index (χ4v) is 0. The Morgan fingerprint density at radius 1 is 1.17 bits per heavy atom. The summed E-state index contributed by atoms with van der Waals surface area (Å²) in [5, 5.41) is 0. The van der Waals surface area contributed by atoms with Crippen molar-refractivity contribution in [3.05, 3.63) is 0 Å². The quantitative estimate of drug-likeness (QED) is 0.404. The maximum absolute atomic E-state index is 4.12. The van der Waals surface area contributed by atoms with Gasteiger partial charge in [0.15, 0.2) is 0 Å². The van der Waals surface area contributed by atoms with Crippen LogP contribution in [0.4, 0.5) is 0 Å². The summed E-state index contributed by atoms with van der Waals surface area (Å²) >= 11 is 4.12. The van der Waals surface area contributed by atoms with Crippen LogP contribution < -0.4 is 0 Å². The van der Waals surface area contributed by atoms with Crippen LogP contribution in [0.3, 0.4) is 0 Å². The average Bonchev–Trinajstić information content (AvgIpc) is 0.722. The van der Waals surface area contributed by atoms with E-state index in [9.17, 15) is 0 Å².